The molecule has 1 aliphatic rings. The minimum absolute atomic E-state index is 0.212. The maximum absolute atomic E-state index is 6.08. The van der Waals surface area contributed by atoms with E-state index in [0.29, 0.717) is 5.41 Å². The fourth-order valence-corrected chi connectivity index (χ4v) is 3.29. The summed E-state index contributed by atoms with van der Waals surface area (Å²) in [6.45, 7) is 13.7. The molecule has 0 bridgehead atoms. The van der Waals surface area contributed by atoms with Gasteiger partial charge in [0.15, 0.2) is 0 Å². The van der Waals surface area contributed by atoms with Crippen molar-refractivity contribution in [1.82, 2.24) is 4.90 Å². The van der Waals surface area contributed by atoms with E-state index in [1.807, 2.05) is 6.07 Å². The van der Waals surface area contributed by atoms with Crippen molar-refractivity contribution < 1.29 is 0 Å². The van der Waals surface area contributed by atoms with Gasteiger partial charge in [-0.05, 0) is 42.9 Å². The Kier molecular flexibility index (Phi) is 3.18. The van der Waals surface area contributed by atoms with Crippen LogP contribution in [0.5, 0.6) is 0 Å². The number of benzene rings is 1. The van der Waals surface area contributed by atoms with Gasteiger partial charge in [0.25, 0.3) is 0 Å². The normalized spacial score (nSPS) is 16.9. The minimum atomic E-state index is 0.212. The summed E-state index contributed by atoms with van der Waals surface area (Å²) in [5, 5.41) is 0. The van der Waals surface area contributed by atoms with Gasteiger partial charge in [0, 0.05) is 24.3 Å². The molecule has 2 nitrogen and oxygen atoms in total. The Hall–Kier alpha value is -1.02. The van der Waals surface area contributed by atoms with Crippen molar-refractivity contribution >= 4 is 5.69 Å². The van der Waals surface area contributed by atoms with E-state index >= 15 is 0 Å². The van der Waals surface area contributed by atoms with Gasteiger partial charge in [-0.1, -0.05) is 32.9 Å². The topological polar surface area (TPSA) is 29.3 Å². The fourth-order valence-electron chi connectivity index (χ4n) is 3.29. The number of anilines is 1. The second-order valence-electron chi connectivity index (χ2n) is 7.39. The number of rotatable bonds is 2. The SMILES string of the molecule is CC(C)(C)CC(C)(C)N1Cc2cccc(N)c2C1. The van der Waals surface area contributed by atoms with Crippen LogP contribution in [0.1, 0.15) is 52.2 Å². The zero-order chi connectivity index (χ0) is 13.6. The molecule has 1 aliphatic heterocycles. The highest BCUT2D eigenvalue weighted by atomic mass is 15.2. The molecule has 0 amide bonds. The summed E-state index contributed by atoms with van der Waals surface area (Å²) in [5.41, 5.74) is 10.3. The van der Waals surface area contributed by atoms with Crippen LogP contribution >= 0.6 is 0 Å². The van der Waals surface area contributed by atoms with Crippen molar-refractivity contribution in [3.8, 4) is 0 Å². The molecule has 0 saturated heterocycles. The van der Waals surface area contributed by atoms with E-state index in [2.05, 4.69) is 51.7 Å². The smallest absolute Gasteiger partial charge is 0.0363 e. The fraction of sp³-hybridized carbons (Fsp3) is 0.625. The van der Waals surface area contributed by atoms with Crippen LogP contribution in [0.15, 0.2) is 18.2 Å². The van der Waals surface area contributed by atoms with Gasteiger partial charge >= 0.3 is 0 Å². The quantitative estimate of drug-likeness (QED) is 0.804. The van der Waals surface area contributed by atoms with Gasteiger partial charge in [-0.15, -0.1) is 0 Å². The lowest BCUT2D eigenvalue weighted by molar-refractivity contribution is 0.0746. The Morgan fingerprint density at radius 1 is 1.11 bits per heavy atom. The number of fused-ring (bicyclic) bond motifs is 1. The molecule has 1 aromatic carbocycles. The Morgan fingerprint density at radius 2 is 1.78 bits per heavy atom. The predicted octanol–water partition coefficient (Wildman–Crippen LogP) is 3.80. The van der Waals surface area contributed by atoms with Crippen LogP contribution in [-0.4, -0.2) is 10.4 Å². The van der Waals surface area contributed by atoms with Gasteiger partial charge < -0.3 is 5.73 Å². The molecule has 100 valence electrons. The average Bonchev–Trinajstić information content (AvgIpc) is 2.59. The first-order chi connectivity index (χ1) is 8.19. The van der Waals surface area contributed by atoms with Gasteiger partial charge in [0.1, 0.15) is 0 Å². The summed E-state index contributed by atoms with van der Waals surface area (Å²) in [6, 6.07) is 6.28. The van der Waals surface area contributed by atoms with Gasteiger partial charge in [-0.25, -0.2) is 0 Å². The summed E-state index contributed by atoms with van der Waals surface area (Å²) in [4.78, 5) is 2.55. The zero-order valence-electron chi connectivity index (χ0n) is 12.4. The van der Waals surface area contributed by atoms with Gasteiger partial charge in [-0.3, -0.25) is 4.90 Å². The highest BCUT2D eigenvalue weighted by molar-refractivity contribution is 5.52. The second kappa shape index (κ2) is 4.27. The molecule has 2 N–H and O–H groups in total. The Morgan fingerprint density at radius 3 is 2.33 bits per heavy atom. The average molecular weight is 246 g/mol. The molecule has 0 saturated carbocycles. The predicted molar refractivity (Wildman–Crippen MR) is 78.3 cm³/mol. The second-order valence-corrected chi connectivity index (χ2v) is 7.39. The van der Waals surface area contributed by atoms with Crippen LogP contribution in [0.25, 0.3) is 0 Å². The van der Waals surface area contributed by atoms with Crippen molar-refractivity contribution in [3.63, 3.8) is 0 Å². The summed E-state index contributed by atoms with van der Waals surface area (Å²) in [7, 11) is 0. The first kappa shape index (κ1) is 13.4. The third kappa shape index (κ3) is 2.69. The van der Waals surface area contributed by atoms with Crippen molar-refractivity contribution in [1.29, 1.82) is 0 Å². The maximum atomic E-state index is 6.08. The van der Waals surface area contributed by atoms with E-state index in [-0.39, 0.29) is 5.54 Å². The standard InChI is InChI=1S/C16H26N2/c1-15(2,3)11-16(4,5)18-9-12-7-6-8-14(17)13(12)10-18/h6-8H,9-11,17H2,1-5H3. The number of nitrogens with zero attached hydrogens (tertiary/aromatic N) is 1. The lowest BCUT2D eigenvalue weighted by Crippen LogP contribution is -2.43. The molecular weight excluding hydrogens is 220 g/mol. The largest absolute Gasteiger partial charge is 0.398 e. The molecule has 0 unspecified atom stereocenters. The molecule has 0 atom stereocenters. The molecule has 0 radical (unpaired) electrons. The molecule has 18 heavy (non-hydrogen) atoms. The Balaban J connectivity index is 2.18. The van der Waals surface area contributed by atoms with Crippen LogP contribution in [-0.2, 0) is 13.1 Å². The first-order valence-corrected chi connectivity index (χ1v) is 6.80. The molecule has 1 aromatic rings. The third-order valence-electron chi connectivity index (χ3n) is 3.84. The van der Waals surface area contributed by atoms with E-state index in [9.17, 15) is 0 Å². The van der Waals surface area contributed by atoms with E-state index in [0.717, 1.165) is 18.8 Å². The maximum Gasteiger partial charge on any atom is 0.0363 e. The molecular formula is C16H26N2. The van der Waals surface area contributed by atoms with Crippen molar-refractivity contribution in [2.75, 3.05) is 5.73 Å². The van der Waals surface area contributed by atoms with E-state index in [1.165, 1.54) is 17.5 Å². The summed E-state index contributed by atoms with van der Waals surface area (Å²) in [6.07, 6.45) is 1.19. The Bertz CT molecular complexity index is 441. The number of nitrogen functional groups attached to an aromatic ring is 1. The monoisotopic (exact) mass is 246 g/mol. The molecule has 0 spiro atoms. The molecule has 0 aliphatic carbocycles. The number of hydrogen-bond donors (Lipinski definition) is 1. The number of hydrogen-bond acceptors (Lipinski definition) is 2. The lowest BCUT2D eigenvalue weighted by atomic mass is 9.81. The van der Waals surface area contributed by atoms with Gasteiger partial charge in [0.05, 0.1) is 0 Å². The van der Waals surface area contributed by atoms with E-state index < -0.39 is 0 Å². The van der Waals surface area contributed by atoms with Gasteiger partial charge in [-0.2, -0.15) is 0 Å². The minimum Gasteiger partial charge on any atom is -0.398 e. The highest BCUT2D eigenvalue weighted by Crippen LogP contribution is 2.37. The van der Waals surface area contributed by atoms with Crippen LogP contribution in [0.4, 0.5) is 5.69 Å². The molecule has 0 aromatic heterocycles. The van der Waals surface area contributed by atoms with Crippen molar-refractivity contribution in [2.24, 2.45) is 5.41 Å². The zero-order valence-corrected chi connectivity index (χ0v) is 12.4. The molecule has 0 fully saturated rings. The van der Waals surface area contributed by atoms with Crippen molar-refractivity contribution in [2.45, 2.75) is 59.7 Å². The molecule has 2 heteroatoms. The van der Waals surface area contributed by atoms with Crippen LogP contribution in [0.3, 0.4) is 0 Å². The number of nitrogens with two attached hydrogens (primary N) is 1. The van der Waals surface area contributed by atoms with Crippen LogP contribution in [0, 0.1) is 5.41 Å². The van der Waals surface area contributed by atoms with E-state index in [1.54, 1.807) is 0 Å². The lowest BCUT2D eigenvalue weighted by Gasteiger charge is -2.40. The first-order valence-electron chi connectivity index (χ1n) is 6.80. The van der Waals surface area contributed by atoms with Gasteiger partial charge in [0.2, 0.25) is 0 Å². The van der Waals surface area contributed by atoms with Crippen LogP contribution in [0.2, 0.25) is 0 Å². The summed E-state index contributed by atoms with van der Waals surface area (Å²) in [5.74, 6) is 0. The van der Waals surface area contributed by atoms with Crippen molar-refractivity contribution in [3.05, 3.63) is 29.3 Å². The molecule has 2 rings (SSSR count). The third-order valence-corrected chi connectivity index (χ3v) is 3.84. The molecule has 1 heterocycles. The van der Waals surface area contributed by atoms with E-state index in [4.69, 9.17) is 5.73 Å². The van der Waals surface area contributed by atoms with Crippen LogP contribution < -0.4 is 5.73 Å². The Labute approximate surface area is 111 Å². The highest BCUT2D eigenvalue weighted by Gasteiger charge is 2.35. The summed E-state index contributed by atoms with van der Waals surface area (Å²) < 4.78 is 0. The summed E-state index contributed by atoms with van der Waals surface area (Å²) >= 11 is 0.